The van der Waals surface area contributed by atoms with Crippen LogP contribution in [0.1, 0.15) is 38.5 Å². The first-order valence-electron chi connectivity index (χ1n) is 5.69. The summed E-state index contributed by atoms with van der Waals surface area (Å²) in [5, 5.41) is 30.2. The largest absolute Gasteiger partial charge is 1.00 e. The van der Waals surface area contributed by atoms with Crippen molar-refractivity contribution in [2.75, 3.05) is 6.67 Å². The third kappa shape index (κ3) is 14.7. The number of hydrogen-bond acceptors (Lipinski definition) is 5. The number of aliphatic imine (C=N–C) groups is 1. The van der Waals surface area contributed by atoms with Crippen LogP contribution in [0, 0.1) is 0 Å². The molecule has 0 heterocycles. The number of carbonyl (C=O) groups excluding carboxylic acids is 1. The molecule has 0 spiro atoms. The average Bonchev–Trinajstić information content (AvgIpc) is 2.29. The number of unbranched alkanes of at least 4 members (excludes halogenated alkanes) is 2. The number of carbonyl (C=O) groups is 2. The molecule has 0 fully saturated rings. The predicted molar refractivity (Wildman–Crippen MR) is 57.5 cm³/mol. The first-order chi connectivity index (χ1) is 8.47. The summed E-state index contributed by atoms with van der Waals surface area (Å²) in [5.74, 6) is -3.32. The summed E-state index contributed by atoms with van der Waals surface area (Å²) in [5.41, 5.74) is 0. The molecule has 0 radical (unpaired) electrons. The molecular formula is C11H16FNNa2O5. The Bertz CT molecular complexity index is 315. The van der Waals surface area contributed by atoms with Gasteiger partial charge in [0.15, 0.2) is 0 Å². The maximum Gasteiger partial charge on any atom is 1.00 e. The fraction of sp³-hybridized carbons (Fsp3) is 0.727. The second-order valence-electron chi connectivity index (χ2n) is 3.79. The van der Waals surface area contributed by atoms with E-state index >= 15 is 0 Å². The summed E-state index contributed by atoms with van der Waals surface area (Å²) in [6, 6.07) is -1.35. The van der Waals surface area contributed by atoms with E-state index in [4.69, 9.17) is 5.11 Å². The number of nitrogens with zero attached hydrogens (tertiary/aromatic N) is 1. The van der Waals surface area contributed by atoms with Crippen molar-refractivity contribution in [2.24, 2.45) is 4.99 Å². The summed E-state index contributed by atoms with van der Waals surface area (Å²) in [6.45, 7) is -0.450. The van der Waals surface area contributed by atoms with Crippen molar-refractivity contribution >= 4 is 17.8 Å². The molecule has 1 atom stereocenters. The van der Waals surface area contributed by atoms with Crippen molar-refractivity contribution in [1.29, 1.82) is 0 Å². The Balaban J connectivity index is -0.00000144. The molecule has 6 nitrogen and oxygen atoms in total. The maximum absolute atomic E-state index is 11.8. The van der Waals surface area contributed by atoms with Gasteiger partial charge in [-0.3, -0.25) is 9.38 Å². The van der Waals surface area contributed by atoms with E-state index in [-0.39, 0.29) is 72.0 Å². The molecule has 9 heteroatoms. The molecule has 0 unspecified atom stereocenters. The minimum Gasteiger partial charge on any atom is -0.862 e. The Morgan fingerprint density at radius 3 is 2.15 bits per heavy atom. The van der Waals surface area contributed by atoms with Crippen LogP contribution in [0.15, 0.2) is 4.99 Å². The van der Waals surface area contributed by atoms with Crippen LogP contribution in [0.5, 0.6) is 0 Å². The minimum atomic E-state index is -1.38. The van der Waals surface area contributed by atoms with Crippen molar-refractivity contribution in [3.8, 4) is 0 Å². The number of rotatable bonds is 10. The van der Waals surface area contributed by atoms with Gasteiger partial charge in [-0.05, 0) is 38.0 Å². The van der Waals surface area contributed by atoms with Crippen LogP contribution in [0.2, 0.25) is 0 Å². The van der Waals surface area contributed by atoms with Crippen molar-refractivity contribution in [3.63, 3.8) is 0 Å². The van der Waals surface area contributed by atoms with Crippen LogP contribution in [-0.2, 0) is 9.59 Å². The Hall–Kier alpha value is 0.340. The zero-order chi connectivity index (χ0) is 14.0. The van der Waals surface area contributed by atoms with E-state index in [1.807, 2.05) is 0 Å². The van der Waals surface area contributed by atoms with Crippen LogP contribution in [0.25, 0.3) is 0 Å². The molecule has 104 valence electrons. The van der Waals surface area contributed by atoms with Gasteiger partial charge in [0.05, 0.1) is 6.67 Å². The normalized spacial score (nSPS) is 11.9. The van der Waals surface area contributed by atoms with Crippen LogP contribution in [-0.4, -0.2) is 35.7 Å². The monoisotopic (exact) mass is 307 g/mol. The van der Waals surface area contributed by atoms with Crippen molar-refractivity contribution in [2.45, 2.75) is 44.6 Å². The van der Waals surface area contributed by atoms with Crippen molar-refractivity contribution < 1.29 is 88.4 Å². The third-order valence-corrected chi connectivity index (χ3v) is 2.23. The van der Waals surface area contributed by atoms with Gasteiger partial charge in [-0.1, -0.05) is 6.42 Å². The average molecular weight is 307 g/mol. The molecule has 1 N–H and O–H groups in total. The summed E-state index contributed by atoms with van der Waals surface area (Å²) in [7, 11) is 0. The molecule has 0 aliphatic heterocycles. The quantitative estimate of drug-likeness (QED) is 0.187. The summed E-state index contributed by atoms with van der Waals surface area (Å²) < 4.78 is 11.8. The van der Waals surface area contributed by atoms with E-state index in [0.29, 0.717) is 19.3 Å². The number of hydrogen-bond donors (Lipinski definition) is 1. The third-order valence-electron chi connectivity index (χ3n) is 2.23. The Morgan fingerprint density at radius 2 is 1.70 bits per heavy atom. The van der Waals surface area contributed by atoms with Gasteiger partial charge in [-0.25, -0.2) is 4.79 Å². The smallest absolute Gasteiger partial charge is 0.862 e. The SMILES string of the molecule is O=C([O-])CC[C@H](N=C([O-])CCCCCF)C(=O)O.[Na+].[Na+]. The van der Waals surface area contributed by atoms with E-state index in [0.717, 1.165) is 0 Å². The topological polar surface area (TPSA) is 113 Å². The number of carboxylic acid groups (broad SMARTS) is 2. The fourth-order valence-corrected chi connectivity index (χ4v) is 1.28. The van der Waals surface area contributed by atoms with E-state index < -0.39 is 37.0 Å². The summed E-state index contributed by atoms with van der Waals surface area (Å²) >= 11 is 0. The number of carboxylic acids is 2. The van der Waals surface area contributed by atoms with Crippen LogP contribution >= 0.6 is 0 Å². The molecule has 0 saturated carbocycles. The maximum atomic E-state index is 11.8. The molecule has 0 amide bonds. The second-order valence-corrected chi connectivity index (χ2v) is 3.79. The second kappa shape index (κ2) is 15.7. The van der Waals surface area contributed by atoms with Gasteiger partial charge in [0, 0.05) is 5.97 Å². The summed E-state index contributed by atoms with van der Waals surface area (Å²) in [6.07, 6.45) is 0.659. The van der Waals surface area contributed by atoms with Gasteiger partial charge >= 0.3 is 65.1 Å². The first-order valence-corrected chi connectivity index (χ1v) is 5.69. The van der Waals surface area contributed by atoms with Gasteiger partial charge in [0.25, 0.3) is 0 Å². The van der Waals surface area contributed by atoms with Crippen LogP contribution in [0.3, 0.4) is 0 Å². The number of halogens is 1. The molecule has 0 aliphatic carbocycles. The molecule has 0 aliphatic rings. The summed E-state index contributed by atoms with van der Waals surface area (Å²) in [4.78, 5) is 24.3. The van der Waals surface area contributed by atoms with Gasteiger partial charge in [-0.15, -0.1) is 0 Å². The first kappa shape index (κ1) is 25.3. The molecule has 0 bridgehead atoms. The van der Waals surface area contributed by atoms with Crippen LogP contribution < -0.4 is 69.3 Å². The van der Waals surface area contributed by atoms with Gasteiger partial charge in [0.1, 0.15) is 6.04 Å². The standard InChI is InChI=1S/C11H18FNO5.2Na/c12-7-3-1-2-4-9(14)13-8(11(17)18)5-6-10(15)16;;/h8H,1-7H2,(H,13,14)(H,15,16)(H,17,18);;/q;2*+1/p-2/t8-;;/m0../s1. The fourth-order valence-electron chi connectivity index (χ4n) is 1.28. The molecule has 0 aromatic carbocycles. The predicted octanol–water partition coefficient (Wildman–Crippen LogP) is -6.73. The Kier molecular flexibility index (Phi) is 19.9. The molecule has 20 heavy (non-hydrogen) atoms. The number of aliphatic carboxylic acids is 2. The van der Waals surface area contributed by atoms with E-state index in [2.05, 4.69) is 4.99 Å². The van der Waals surface area contributed by atoms with Gasteiger partial charge < -0.3 is 20.1 Å². The van der Waals surface area contributed by atoms with Gasteiger partial charge in [0.2, 0.25) is 0 Å². The van der Waals surface area contributed by atoms with Gasteiger partial charge in [-0.2, -0.15) is 0 Å². The number of alkyl halides is 1. The zero-order valence-corrected chi connectivity index (χ0v) is 15.9. The zero-order valence-electron chi connectivity index (χ0n) is 11.9. The van der Waals surface area contributed by atoms with E-state index in [1.54, 1.807) is 0 Å². The molecule has 0 aromatic rings. The molecular weight excluding hydrogens is 291 g/mol. The van der Waals surface area contributed by atoms with Crippen molar-refractivity contribution in [1.82, 2.24) is 0 Å². The van der Waals surface area contributed by atoms with Crippen LogP contribution in [0.4, 0.5) is 4.39 Å². The van der Waals surface area contributed by atoms with E-state index in [1.165, 1.54) is 0 Å². The molecule has 0 rings (SSSR count). The molecule has 0 aromatic heterocycles. The Morgan fingerprint density at radius 1 is 1.10 bits per heavy atom. The van der Waals surface area contributed by atoms with Crippen molar-refractivity contribution in [3.05, 3.63) is 0 Å². The Labute approximate surface area is 161 Å². The molecule has 0 saturated heterocycles. The minimum absolute atomic E-state index is 0. The van der Waals surface area contributed by atoms with E-state index in [9.17, 15) is 24.2 Å².